The Hall–Kier alpha value is -3.26. The van der Waals surface area contributed by atoms with E-state index in [-0.39, 0.29) is 6.42 Å². The minimum absolute atomic E-state index is 0.203. The molecule has 0 fully saturated rings. The number of carboxylic acid groups (broad SMARTS) is 1. The van der Waals surface area contributed by atoms with Crippen LogP contribution in [0.1, 0.15) is 16.8 Å². The Morgan fingerprint density at radius 1 is 1.09 bits per heavy atom. The van der Waals surface area contributed by atoms with Crippen molar-refractivity contribution < 1.29 is 14.6 Å². The molecule has 0 spiro atoms. The number of carbonyl (C=O) groups is 1. The van der Waals surface area contributed by atoms with E-state index in [0.717, 1.165) is 27.5 Å². The molecule has 0 bridgehead atoms. The van der Waals surface area contributed by atoms with Gasteiger partial charge in [-0.15, -0.1) is 5.10 Å². The summed E-state index contributed by atoms with van der Waals surface area (Å²) in [5.41, 5.74) is 9.37. The summed E-state index contributed by atoms with van der Waals surface area (Å²) in [6.07, 6.45) is 3.67. The Morgan fingerprint density at radius 3 is 2.55 bits per heavy atom. The summed E-state index contributed by atoms with van der Waals surface area (Å²) in [4.78, 5) is 15.2. The van der Waals surface area contributed by atoms with Crippen LogP contribution in [0.2, 0.25) is 10.0 Å². The lowest BCUT2D eigenvalue weighted by Crippen LogP contribution is -2.32. The van der Waals surface area contributed by atoms with Crippen molar-refractivity contribution in [2.24, 2.45) is 5.73 Å². The normalized spacial score (nSPS) is 12.0. The van der Waals surface area contributed by atoms with Gasteiger partial charge in [-0.3, -0.25) is 9.78 Å². The Bertz CT molecular complexity index is 1330. The molecule has 7 nitrogen and oxygen atoms in total. The highest BCUT2D eigenvalue weighted by molar-refractivity contribution is 6.35. The predicted molar refractivity (Wildman–Crippen MR) is 128 cm³/mol. The van der Waals surface area contributed by atoms with E-state index >= 15 is 0 Å². The summed E-state index contributed by atoms with van der Waals surface area (Å²) in [6.45, 7) is 0. The SMILES string of the molecule is COc1ccc2c(Cc3c(Cl)cncc3Cl)nnc(-c3cccc(CC(N)C(=O)O)c3)c2c1. The minimum atomic E-state index is -1.05. The average Bonchev–Trinajstić information content (AvgIpc) is 2.81. The molecule has 1 unspecified atom stereocenters. The topological polar surface area (TPSA) is 111 Å². The van der Waals surface area contributed by atoms with E-state index in [2.05, 4.69) is 15.2 Å². The molecule has 3 N–H and O–H groups in total. The van der Waals surface area contributed by atoms with Crippen molar-refractivity contribution in [3.8, 4) is 17.0 Å². The van der Waals surface area contributed by atoms with E-state index in [1.165, 1.54) is 0 Å². The molecule has 33 heavy (non-hydrogen) atoms. The zero-order chi connectivity index (χ0) is 23.5. The number of aromatic nitrogens is 3. The second kappa shape index (κ2) is 9.70. The lowest BCUT2D eigenvalue weighted by Gasteiger charge is -2.13. The Kier molecular flexibility index (Phi) is 6.74. The van der Waals surface area contributed by atoms with Crippen LogP contribution in [0.4, 0.5) is 0 Å². The highest BCUT2D eigenvalue weighted by Crippen LogP contribution is 2.33. The fourth-order valence-corrected chi connectivity index (χ4v) is 4.12. The highest BCUT2D eigenvalue weighted by atomic mass is 35.5. The molecule has 2 heterocycles. The lowest BCUT2D eigenvalue weighted by atomic mass is 9.98. The molecule has 2 aromatic heterocycles. The van der Waals surface area contributed by atoms with Gasteiger partial charge in [0.25, 0.3) is 0 Å². The van der Waals surface area contributed by atoms with Crippen LogP contribution in [-0.4, -0.2) is 39.4 Å². The molecule has 0 aliphatic heterocycles. The predicted octanol–water partition coefficient (Wildman–Crippen LogP) is 4.55. The number of hydrogen-bond acceptors (Lipinski definition) is 6. The van der Waals surface area contributed by atoms with E-state index in [0.29, 0.717) is 33.6 Å². The first-order valence-electron chi connectivity index (χ1n) is 10.1. The maximum atomic E-state index is 11.2. The standard InChI is InChI=1S/C24H20Cl2N4O3/c1-33-15-5-6-16-17(9-15)23(14-4-2-3-13(7-14)8-21(27)24(31)32)30-29-22(16)10-18-19(25)11-28-12-20(18)26/h2-7,9,11-12,21H,8,10,27H2,1H3,(H,31,32). The second-order valence-corrected chi connectivity index (χ2v) is 8.33. The third-order valence-electron chi connectivity index (χ3n) is 5.33. The first-order valence-corrected chi connectivity index (χ1v) is 10.8. The van der Waals surface area contributed by atoms with Gasteiger partial charge in [0.1, 0.15) is 17.5 Å². The van der Waals surface area contributed by atoms with Crippen LogP contribution in [0.5, 0.6) is 5.75 Å². The number of methoxy groups -OCH3 is 1. The number of carboxylic acids is 1. The van der Waals surface area contributed by atoms with E-state index in [1.807, 2.05) is 42.5 Å². The van der Waals surface area contributed by atoms with Gasteiger partial charge in [0, 0.05) is 35.2 Å². The van der Waals surface area contributed by atoms with Gasteiger partial charge in [-0.1, -0.05) is 41.4 Å². The zero-order valence-corrected chi connectivity index (χ0v) is 19.1. The van der Waals surface area contributed by atoms with Crippen molar-refractivity contribution in [1.29, 1.82) is 0 Å². The highest BCUT2D eigenvalue weighted by Gasteiger charge is 2.17. The summed E-state index contributed by atoms with van der Waals surface area (Å²) in [5, 5.41) is 20.7. The van der Waals surface area contributed by atoms with E-state index < -0.39 is 12.0 Å². The maximum absolute atomic E-state index is 11.2. The van der Waals surface area contributed by atoms with Crippen LogP contribution >= 0.6 is 23.2 Å². The third-order valence-corrected chi connectivity index (χ3v) is 5.98. The lowest BCUT2D eigenvalue weighted by molar-refractivity contribution is -0.138. The fourth-order valence-electron chi connectivity index (χ4n) is 3.62. The molecule has 0 saturated heterocycles. The molecule has 0 aliphatic rings. The zero-order valence-electron chi connectivity index (χ0n) is 17.6. The molecule has 0 aliphatic carbocycles. The molecule has 1 atom stereocenters. The van der Waals surface area contributed by atoms with Crippen molar-refractivity contribution >= 4 is 39.9 Å². The van der Waals surface area contributed by atoms with Gasteiger partial charge in [0.2, 0.25) is 0 Å². The second-order valence-electron chi connectivity index (χ2n) is 7.51. The monoisotopic (exact) mass is 482 g/mol. The summed E-state index contributed by atoms with van der Waals surface area (Å²) in [7, 11) is 1.60. The molecule has 4 rings (SSSR count). The number of nitrogens with zero attached hydrogens (tertiary/aromatic N) is 3. The van der Waals surface area contributed by atoms with Crippen LogP contribution in [0.15, 0.2) is 54.9 Å². The third kappa shape index (κ3) is 4.90. The van der Waals surface area contributed by atoms with Crippen LogP contribution in [0.25, 0.3) is 22.0 Å². The van der Waals surface area contributed by atoms with Crippen molar-refractivity contribution in [2.45, 2.75) is 18.9 Å². The quantitative estimate of drug-likeness (QED) is 0.397. The van der Waals surface area contributed by atoms with E-state index in [4.69, 9.17) is 38.8 Å². The summed E-state index contributed by atoms with van der Waals surface area (Å²) in [5.74, 6) is -0.375. The number of aliphatic carboxylic acids is 1. The first-order chi connectivity index (χ1) is 15.9. The van der Waals surface area contributed by atoms with E-state index in [1.54, 1.807) is 19.5 Å². The van der Waals surface area contributed by atoms with Crippen LogP contribution in [0, 0.1) is 0 Å². The number of pyridine rings is 1. The number of halogens is 2. The number of nitrogens with two attached hydrogens (primary N) is 1. The van der Waals surface area contributed by atoms with Crippen molar-refractivity contribution in [1.82, 2.24) is 15.2 Å². The van der Waals surface area contributed by atoms with Gasteiger partial charge >= 0.3 is 5.97 Å². The molecular weight excluding hydrogens is 463 g/mol. The number of hydrogen-bond donors (Lipinski definition) is 2. The van der Waals surface area contributed by atoms with Crippen molar-refractivity contribution in [3.63, 3.8) is 0 Å². The average molecular weight is 483 g/mol. The summed E-state index contributed by atoms with van der Waals surface area (Å²) in [6, 6.07) is 12.2. The van der Waals surface area contributed by atoms with Crippen molar-refractivity contribution in [3.05, 3.63) is 81.7 Å². The molecule has 0 radical (unpaired) electrons. The van der Waals surface area contributed by atoms with Gasteiger partial charge in [0.15, 0.2) is 0 Å². The van der Waals surface area contributed by atoms with Crippen LogP contribution in [-0.2, 0) is 17.6 Å². The number of benzene rings is 2. The molecule has 4 aromatic rings. The number of fused-ring (bicyclic) bond motifs is 1. The van der Waals surface area contributed by atoms with Gasteiger partial charge < -0.3 is 15.6 Å². The fraction of sp³-hybridized carbons (Fsp3) is 0.167. The molecule has 0 amide bonds. The van der Waals surface area contributed by atoms with Gasteiger partial charge in [-0.25, -0.2) is 0 Å². The van der Waals surface area contributed by atoms with Crippen LogP contribution < -0.4 is 10.5 Å². The Morgan fingerprint density at radius 2 is 1.85 bits per heavy atom. The Labute approximate surface area is 200 Å². The maximum Gasteiger partial charge on any atom is 0.320 e. The minimum Gasteiger partial charge on any atom is -0.497 e. The summed E-state index contributed by atoms with van der Waals surface area (Å²) >= 11 is 12.6. The smallest absolute Gasteiger partial charge is 0.320 e. The molecule has 0 saturated carbocycles. The molecule has 2 aromatic carbocycles. The van der Waals surface area contributed by atoms with Gasteiger partial charge in [0.05, 0.1) is 22.8 Å². The number of ether oxygens (including phenoxy) is 1. The Balaban J connectivity index is 1.82. The molecular formula is C24H20Cl2N4O3. The largest absolute Gasteiger partial charge is 0.497 e. The van der Waals surface area contributed by atoms with Crippen molar-refractivity contribution in [2.75, 3.05) is 7.11 Å². The molecule has 168 valence electrons. The summed E-state index contributed by atoms with van der Waals surface area (Å²) < 4.78 is 5.43. The van der Waals surface area contributed by atoms with Gasteiger partial charge in [-0.05, 0) is 41.8 Å². The molecule has 9 heteroatoms. The van der Waals surface area contributed by atoms with Gasteiger partial charge in [-0.2, -0.15) is 5.10 Å². The number of rotatable bonds is 7. The first kappa shape index (κ1) is 22.9. The van der Waals surface area contributed by atoms with E-state index in [9.17, 15) is 4.79 Å². The van der Waals surface area contributed by atoms with Crippen LogP contribution in [0.3, 0.4) is 0 Å².